The van der Waals surface area contributed by atoms with Gasteiger partial charge >= 0.3 is 0 Å². The van der Waals surface area contributed by atoms with Gasteiger partial charge in [-0.05, 0) is 24.1 Å². The Labute approximate surface area is 165 Å². The van der Waals surface area contributed by atoms with E-state index in [-0.39, 0.29) is 36.9 Å². The molecule has 3 N–H and O–H groups in total. The lowest BCUT2D eigenvalue weighted by atomic mass is 10.0. The summed E-state index contributed by atoms with van der Waals surface area (Å²) in [6, 6.07) is 2.90. The number of piperidine rings is 2. The number of imide groups is 2. The number of alkyl halides is 2. The van der Waals surface area contributed by atoms with Crippen molar-refractivity contribution in [3.63, 3.8) is 0 Å². The molecule has 1 aromatic rings. The van der Waals surface area contributed by atoms with Gasteiger partial charge in [-0.2, -0.15) is 0 Å². The molecule has 10 heteroatoms. The highest BCUT2D eigenvalue weighted by molar-refractivity contribution is 6.23. The quantitative estimate of drug-likeness (QED) is 0.696. The summed E-state index contributed by atoms with van der Waals surface area (Å²) in [6.45, 7) is 0.0471. The molecule has 3 heterocycles. The summed E-state index contributed by atoms with van der Waals surface area (Å²) in [6.07, 6.45) is -0.246. The van der Waals surface area contributed by atoms with E-state index in [9.17, 15) is 28.0 Å². The molecule has 2 atom stereocenters. The first-order chi connectivity index (χ1) is 13.6. The number of likely N-dealkylation sites (tertiary alicyclic amines) is 1. The summed E-state index contributed by atoms with van der Waals surface area (Å²) >= 11 is 0. The number of nitrogens with zero attached hydrogens (tertiary/aromatic N) is 2. The lowest BCUT2D eigenvalue weighted by molar-refractivity contribution is -0.136. The molecule has 2 saturated heterocycles. The van der Waals surface area contributed by atoms with E-state index in [1.807, 2.05) is 0 Å². The van der Waals surface area contributed by atoms with Crippen LogP contribution in [0.15, 0.2) is 18.2 Å². The Morgan fingerprint density at radius 3 is 2.55 bits per heavy atom. The van der Waals surface area contributed by atoms with E-state index < -0.39 is 48.2 Å². The van der Waals surface area contributed by atoms with Crippen LogP contribution in [0, 0.1) is 0 Å². The molecule has 0 spiro atoms. The summed E-state index contributed by atoms with van der Waals surface area (Å²) in [7, 11) is 0. The van der Waals surface area contributed by atoms with Crippen LogP contribution in [-0.2, 0) is 16.1 Å². The fourth-order valence-electron chi connectivity index (χ4n) is 4.23. The predicted molar refractivity (Wildman–Crippen MR) is 95.9 cm³/mol. The average Bonchev–Trinajstić information content (AvgIpc) is 2.84. The van der Waals surface area contributed by atoms with E-state index >= 15 is 0 Å². The number of fused-ring (bicyclic) bond motifs is 1. The average molecular weight is 406 g/mol. The Kier molecular flexibility index (Phi) is 4.70. The minimum atomic E-state index is -2.87. The van der Waals surface area contributed by atoms with Gasteiger partial charge < -0.3 is 5.73 Å². The number of nitrogens with one attached hydrogen (secondary N) is 1. The van der Waals surface area contributed by atoms with E-state index in [0.29, 0.717) is 12.1 Å². The maximum Gasteiger partial charge on any atom is 0.262 e. The molecule has 0 aromatic heterocycles. The monoisotopic (exact) mass is 406 g/mol. The van der Waals surface area contributed by atoms with Crippen LogP contribution >= 0.6 is 0 Å². The lowest BCUT2D eigenvalue weighted by Gasteiger charge is -2.36. The van der Waals surface area contributed by atoms with Crippen LogP contribution in [0.3, 0.4) is 0 Å². The second kappa shape index (κ2) is 6.96. The van der Waals surface area contributed by atoms with E-state index in [2.05, 4.69) is 5.32 Å². The van der Waals surface area contributed by atoms with Gasteiger partial charge in [-0.3, -0.25) is 34.3 Å². The van der Waals surface area contributed by atoms with Gasteiger partial charge in [-0.15, -0.1) is 0 Å². The highest BCUT2D eigenvalue weighted by Gasteiger charge is 2.45. The van der Waals surface area contributed by atoms with Crippen molar-refractivity contribution in [2.45, 2.75) is 43.8 Å². The molecule has 29 heavy (non-hydrogen) atoms. The van der Waals surface area contributed by atoms with E-state index in [4.69, 9.17) is 5.73 Å². The first kappa shape index (κ1) is 19.6. The Hall–Kier alpha value is -2.72. The van der Waals surface area contributed by atoms with Crippen molar-refractivity contribution in [2.75, 3.05) is 13.1 Å². The van der Waals surface area contributed by atoms with Gasteiger partial charge in [0.2, 0.25) is 11.8 Å². The van der Waals surface area contributed by atoms with Gasteiger partial charge in [0.15, 0.2) is 0 Å². The van der Waals surface area contributed by atoms with Gasteiger partial charge in [-0.25, -0.2) is 8.78 Å². The second-order valence-corrected chi connectivity index (χ2v) is 7.82. The summed E-state index contributed by atoms with van der Waals surface area (Å²) in [5.41, 5.74) is 6.60. The molecule has 0 saturated carbocycles. The summed E-state index contributed by atoms with van der Waals surface area (Å²) in [5.74, 6) is -5.22. The Balaban J connectivity index is 1.54. The molecule has 1 aromatic carbocycles. The Bertz CT molecular complexity index is 919. The van der Waals surface area contributed by atoms with Crippen LogP contribution in [0.4, 0.5) is 8.78 Å². The number of hydrogen-bond donors (Lipinski definition) is 2. The van der Waals surface area contributed by atoms with Crippen LogP contribution in [0.25, 0.3) is 0 Å². The van der Waals surface area contributed by atoms with Crippen molar-refractivity contribution < 1.29 is 28.0 Å². The van der Waals surface area contributed by atoms with Crippen molar-refractivity contribution in [3.05, 3.63) is 34.9 Å². The maximum absolute atomic E-state index is 13.8. The molecule has 0 radical (unpaired) electrons. The van der Waals surface area contributed by atoms with Crippen molar-refractivity contribution in [2.24, 2.45) is 5.73 Å². The van der Waals surface area contributed by atoms with E-state index in [1.165, 1.54) is 17.0 Å². The SMILES string of the molecule is N[C@H]1CN(Cc2ccc3c(c2)C(=O)N(C2CCC(=O)NC2=O)C3=O)CC(F)(F)C1. The lowest BCUT2D eigenvalue weighted by Crippen LogP contribution is -2.54. The standard InChI is InChI=1S/C19H20F2N4O4/c20-19(21)6-11(22)8-24(9-19)7-10-1-2-12-13(5-10)18(29)25(17(12)28)14-3-4-15(26)23-16(14)27/h1-2,5,11,14H,3-4,6-9,22H2,(H,23,26,27)/t11-,14?/m1/s1. The molecule has 1 unspecified atom stereocenters. The predicted octanol–water partition coefficient (Wildman–Crippen LogP) is 0.256. The van der Waals surface area contributed by atoms with Crippen molar-refractivity contribution >= 4 is 23.6 Å². The van der Waals surface area contributed by atoms with Crippen LogP contribution in [0.5, 0.6) is 0 Å². The minimum Gasteiger partial charge on any atom is -0.326 e. The van der Waals surface area contributed by atoms with E-state index in [1.54, 1.807) is 6.07 Å². The molecule has 154 valence electrons. The molecule has 3 aliphatic heterocycles. The molecule has 3 aliphatic rings. The third-order valence-corrected chi connectivity index (χ3v) is 5.42. The summed E-state index contributed by atoms with van der Waals surface area (Å²) < 4.78 is 27.5. The molecule has 4 rings (SSSR count). The first-order valence-electron chi connectivity index (χ1n) is 9.35. The number of carbonyl (C=O) groups excluding carboxylic acids is 4. The first-order valence-corrected chi connectivity index (χ1v) is 9.35. The zero-order valence-corrected chi connectivity index (χ0v) is 15.5. The van der Waals surface area contributed by atoms with Gasteiger partial charge in [0.25, 0.3) is 17.7 Å². The highest BCUT2D eigenvalue weighted by atomic mass is 19.3. The zero-order valence-electron chi connectivity index (χ0n) is 15.5. The topological polar surface area (TPSA) is 113 Å². The van der Waals surface area contributed by atoms with Crippen LogP contribution in [0.1, 0.15) is 45.5 Å². The number of benzene rings is 1. The summed E-state index contributed by atoms with van der Waals surface area (Å²) in [4.78, 5) is 51.3. The molecule has 0 bridgehead atoms. The number of carbonyl (C=O) groups is 4. The smallest absolute Gasteiger partial charge is 0.262 e. The van der Waals surface area contributed by atoms with Crippen LogP contribution in [-0.4, -0.2) is 64.5 Å². The fourth-order valence-corrected chi connectivity index (χ4v) is 4.23. The molecule has 0 aliphatic carbocycles. The number of amides is 4. The largest absolute Gasteiger partial charge is 0.326 e. The van der Waals surface area contributed by atoms with Gasteiger partial charge in [0.05, 0.1) is 17.7 Å². The normalized spacial score (nSPS) is 27.2. The fraction of sp³-hybridized carbons (Fsp3) is 0.474. The maximum atomic E-state index is 13.8. The Morgan fingerprint density at radius 2 is 1.86 bits per heavy atom. The van der Waals surface area contributed by atoms with Crippen molar-refractivity contribution in [3.8, 4) is 0 Å². The molecular formula is C19H20F2N4O4. The molecule has 2 fully saturated rings. The molecule has 8 nitrogen and oxygen atoms in total. The second-order valence-electron chi connectivity index (χ2n) is 7.82. The van der Waals surface area contributed by atoms with Crippen molar-refractivity contribution in [1.29, 1.82) is 0 Å². The number of halogens is 2. The molecular weight excluding hydrogens is 386 g/mol. The van der Waals surface area contributed by atoms with Gasteiger partial charge in [0, 0.05) is 32.0 Å². The van der Waals surface area contributed by atoms with Gasteiger partial charge in [0.1, 0.15) is 6.04 Å². The van der Waals surface area contributed by atoms with Crippen LogP contribution < -0.4 is 11.1 Å². The number of hydrogen-bond acceptors (Lipinski definition) is 6. The summed E-state index contributed by atoms with van der Waals surface area (Å²) in [5, 5.41) is 2.14. The minimum absolute atomic E-state index is 0.0402. The number of nitrogens with two attached hydrogens (primary N) is 1. The third-order valence-electron chi connectivity index (χ3n) is 5.42. The van der Waals surface area contributed by atoms with Crippen molar-refractivity contribution in [1.82, 2.24) is 15.1 Å². The number of rotatable bonds is 3. The third kappa shape index (κ3) is 3.65. The Morgan fingerprint density at radius 1 is 1.14 bits per heavy atom. The van der Waals surface area contributed by atoms with E-state index in [0.717, 1.165) is 4.90 Å². The van der Waals surface area contributed by atoms with Crippen LogP contribution in [0.2, 0.25) is 0 Å². The zero-order chi connectivity index (χ0) is 20.9. The molecule has 4 amide bonds. The van der Waals surface area contributed by atoms with Gasteiger partial charge in [-0.1, -0.05) is 6.07 Å². The highest BCUT2D eigenvalue weighted by Crippen LogP contribution is 2.30.